The summed E-state index contributed by atoms with van der Waals surface area (Å²) in [6.07, 6.45) is 12.6. The zero-order valence-electron chi connectivity index (χ0n) is 12.6. The maximum Gasteiger partial charge on any atom is 0.107 e. The van der Waals surface area contributed by atoms with E-state index in [9.17, 15) is 0 Å². The lowest BCUT2D eigenvalue weighted by Crippen LogP contribution is -2.37. The third-order valence-corrected chi connectivity index (χ3v) is 3.01. The molecule has 0 saturated carbocycles. The summed E-state index contributed by atoms with van der Waals surface area (Å²) < 4.78 is 0. The Bertz CT molecular complexity index is 324. The highest BCUT2D eigenvalue weighted by Gasteiger charge is 2.16. The molecule has 0 unspecified atom stereocenters. The third-order valence-electron chi connectivity index (χ3n) is 3.01. The Morgan fingerprint density at radius 1 is 1.22 bits per heavy atom. The van der Waals surface area contributed by atoms with Crippen LogP contribution in [0.15, 0.2) is 48.7 Å². The molecule has 0 bridgehead atoms. The number of rotatable bonds is 9. The molecule has 1 N–H and O–H groups in total. The molecule has 100 valence electrons. The lowest BCUT2D eigenvalue weighted by atomic mass is 9.95. The highest BCUT2D eigenvalue weighted by molar-refractivity contribution is 6.10. The Balaban J connectivity index is 4.69. The first-order valence-corrected chi connectivity index (χ1v) is 6.93. The summed E-state index contributed by atoms with van der Waals surface area (Å²) in [5.74, 6) is 0. The van der Waals surface area contributed by atoms with Crippen molar-refractivity contribution in [3.63, 3.8) is 0 Å². The minimum Gasteiger partial charge on any atom is -0.380 e. The summed E-state index contributed by atoms with van der Waals surface area (Å²) in [6, 6.07) is 0. The van der Waals surface area contributed by atoms with Crippen LogP contribution in [0.3, 0.4) is 0 Å². The summed E-state index contributed by atoms with van der Waals surface area (Å²) in [7, 11) is 2.13. The van der Waals surface area contributed by atoms with Crippen molar-refractivity contribution in [2.45, 2.75) is 51.9 Å². The predicted molar refractivity (Wildman–Crippen MR) is 86.7 cm³/mol. The molecule has 0 aliphatic heterocycles. The second kappa shape index (κ2) is 8.85. The molecule has 0 fully saturated rings. The predicted octanol–water partition coefficient (Wildman–Crippen LogP) is 3.78. The van der Waals surface area contributed by atoms with Gasteiger partial charge < -0.3 is 5.32 Å². The van der Waals surface area contributed by atoms with Gasteiger partial charge in [-0.25, -0.2) is 0 Å². The summed E-state index contributed by atoms with van der Waals surface area (Å²) in [4.78, 5) is 0. The molecule has 0 amide bonds. The van der Waals surface area contributed by atoms with Crippen LogP contribution in [0.1, 0.15) is 40.0 Å². The van der Waals surface area contributed by atoms with E-state index in [4.69, 9.17) is 0 Å². The molecule has 0 radical (unpaired) electrons. The van der Waals surface area contributed by atoms with Crippen molar-refractivity contribution in [2.24, 2.45) is 0 Å². The van der Waals surface area contributed by atoms with E-state index in [1.807, 2.05) is 12.2 Å². The molecule has 0 saturated heterocycles. The van der Waals surface area contributed by atoms with Gasteiger partial charge in [0.15, 0.2) is 0 Å². The summed E-state index contributed by atoms with van der Waals surface area (Å²) >= 11 is 0. The Labute approximate surface area is 114 Å². The maximum absolute atomic E-state index is 3.87. The van der Waals surface area contributed by atoms with Gasteiger partial charge in [-0.05, 0) is 32.4 Å². The Morgan fingerprint density at radius 3 is 2.33 bits per heavy atom. The first-order valence-electron chi connectivity index (χ1n) is 6.93. The molecule has 0 aromatic carbocycles. The fourth-order valence-electron chi connectivity index (χ4n) is 1.76. The van der Waals surface area contributed by atoms with Crippen molar-refractivity contribution in [3.05, 3.63) is 48.7 Å². The van der Waals surface area contributed by atoms with E-state index in [2.05, 4.69) is 59.2 Å². The average Bonchev–Trinajstić information content (AvgIpc) is 2.36. The van der Waals surface area contributed by atoms with E-state index in [0.29, 0.717) is 0 Å². The molecule has 0 aliphatic rings. The van der Waals surface area contributed by atoms with E-state index in [0.717, 1.165) is 12.0 Å². The molecule has 0 aliphatic carbocycles. The van der Waals surface area contributed by atoms with Crippen molar-refractivity contribution in [1.82, 2.24) is 5.32 Å². The van der Waals surface area contributed by atoms with Crippen LogP contribution in [0.5, 0.6) is 0 Å². The molecule has 2 heteroatoms. The largest absolute Gasteiger partial charge is 0.380 e. The minimum absolute atomic E-state index is 0.116. The lowest BCUT2D eigenvalue weighted by Gasteiger charge is -2.28. The molecule has 1 nitrogen and oxygen atoms in total. The molecular weight excluding hydrogens is 217 g/mol. The fourth-order valence-corrected chi connectivity index (χ4v) is 1.76. The van der Waals surface area contributed by atoms with Crippen molar-refractivity contribution < 1.29 is 0 Å². The third kappa shape index (κ3) is 7.21. The van der Waals surface area contributed by atoms with Gasteiger partial charge in [-0.2, -0.15) is 0 Å². The van der Waals surface area contributed by atoms with Gasteiger partial charge >= 0.3 is 0 Å². The molecule has 0 rings (SSSR count). The standard InChI is InChI=1S/C16H28BN/c1-6-9-12-16(4,5)18-15(8-3)11-10-14(7-2)13-17/h7-8,10-11,18H,2-3,6,9,12-13,17H2,1,4-5H3/b14-10+,15-11+. The van der Waals surface area contributed by atoms with E-state index < -0.39 is 0 Å². The molecule has 0 aromatic heterocycles. The number of allylic oxidation sites excluding steroid dienone is 5. The summed E-state index contributed by atoms with van der Waals surface area (Å²) in [5.41, 5.74) is 2.43. The Hall–Kier alpha value is -1.18. The molecule has 0 heterocycles. The first-order chi connectivity index (χ1) is 8.49. The number of unbranched alkanes of at least 4 members (excludes halogenated alkanes) is 1. The molecule has 18 heavy (non-hydrogen) atoms. The Morgan fingerprint density at radius 2 is 1.89 bits per heavy atom. The highest BCUT2D eigenvalue weighted by atomic mass is 15.0. The van der Waals surface area contributed by atoms with Crippen LogP contribution in [0.25, 0.3) is 0 Å². The highest BCUT2D eigenvalue weighted by Crippen LogP contribution is 2.15. The van der Waals surface area contributed by atoms with Crippen molar-refractivity contribution >= 4 is 7.85 Å². The molecule has 0 aromatic rings. The summed E-state index contributed by atoms with van der Waals surface area (Å²) in [5, 5.41) is 3.55. The van der Waals surface area contributed by atoms with Gasteiger partial charge in [0.2, 0.25) is 0 Å². The number of nitrogens with one attached hydrogen (secondary N) is 1. The number of hydrogen-bond donors (Lipinski definition) is 1. The Kier molecular flexibility index (Phi) is 8.27. The first kappa shape index (κ1) is 16.8. The van der Waals surface area contributed by atoms with Crippen LogP contribution in [0, 0.1) is 0 Å². The van der Waals surface area contributed by atoms with Crippen LogP contribution >= 0.6 is 0 Å². The van der Waals surface area contributed by atoms with Gasteiger partial charge in [0, 0.05) is 11.2 Å². The van der Waals surface area contributed by atoms with Gasteiger partial charge in [0.25, 0.3) is 0 Å². The van der Waals surface area contributed by atoms with E-state index >= 15 is 0 Å². The minimum atomic E-state index is 0.116. The lowest BCUT2D eigenvalue weighted by molar-refractivity contribution is 0.388. The van der Waals surface area contributed by atoms with Gasteiger partial charge in [-0.3, -0.25) is 0 Å². The quantitative estimate of drug-likeness (QED) is 0.481. The normalized spacial score (nSPS) is 13.3. The molecule has 0 spiro atoms. The van der Waals surface area contributed by atoms with Crippen LogP contribution < -0.4 is 5.32 Å². The van der Waals surface area contributed by atoms with Gasteiger partial charge in [0.1, 0.15) is 7.85 Å². The van der Waals surface area contributed by atoms with E-state index in [-0.39, 0.29) is 5.54 Å². The van der Waals surface area contributed by atoms with Gasteiger partial charge in [-0.1, -0.05) is 57.0 Å². The summed E-state index contributed by atoms with van der Waals surface area (Å²) in [6.45, 7) is 14.4. The molecular formula is C16H28BN. The smallest absolute Gasteiger partial charge is 0.107 e. The van der Waals surface area contributed by atoms with Crippen LogP contribution in [-0.2, 0) is 0 Å². The topological polar surface area (TPSA) is 12.0 Å². The van der Waals surface area contributed by atoms with Crippen molar-refractivity contribution in [1.29, 1.82) is 0 Å². The average molecular weight is 245 g/mol. The zero-order valence-corrected chi connectivity index (χ0v) is 12.6. The zero-order chi connectivity index (χ0) is 14.0. The van der Waals surface area contributed by atoms with Gasteiger partial charge in [0.05, 0.1) is 0 Å². The monoisotopic (exact) mass is 245 g/mol. The van der Waals surface area contributed by atoms with E-state index in [1.165, 1.54) is 24.8 Å². The second-order valence-electron chi connectivity index (χ2n) is 5.24. The van der Waals surface area contributed by atoms with Crippen molar-refractivity contribution in [3.8, 4) is 0 Å². The van der Waals surface area contributed by atoms with Crippen LogP contribution in [0.4, 0.5) is 0 Å². The number of hydrogen-bond acceptors (Lipinski definition) is 1. The van der Waals surface area contributed by atoms with Gasteiger partial charge in [-0.15, -0.1) is 0 Å². The van der Waals surface area contributed by atoms with Crippen LogP contribution in [-0.4, -0.2) is 13.4 Å². The SMILES string of the molecule is BC/C(C=C)=C/C=C(\C=C)NC(C)(C)CCCC. The second-order valence-corrected chi connectivity index (χ2v) is 5.24. The van der Waals surface area contributed by atoms with Crippen molar-refractivity contribution in [2.75, 3.05) is 0 Å². The fraction of sp³-hybridized carbons (Fsp3) is 0.500. The van der Waals surface area contributed by atoms with E-state index in [1.54, 1.807) is 0 Å². The van der Waals surface area contributed by atoms with Crippen LogP contribution in [0.2, 0.25) is 6.32 Å². The molecule has 0 atom stereocenters. The maximum atomic E-state index is 3.87.